The van der Waals surface area contributed by atoms with E-state index in [4.69, 9.17) is 5.21 Å². The molecule has 0 saturated heterocycles. The number of urea groups is 1. The summed E-state index contributed by atoms with van der Waals surface area (Å²) >= 11 is 0. The van der Waals surface area contributed by atoms with Crippen molar-refractivity contribution in [2.45, 2.75) is 0 Å². The second-order valence-corrected chi connectivity index (χ2v) is 3.80. The lowest BCUT2D eigenvalue weighted by Crippen LogP contribution is -2.99. The van der Waals surface area contributed by atoms with Crippen molar-refractivity contribution in [1.29, 1.82) is 0 Å². The van der Waals surface area contributed by atoms with Gasteiger partial charge in [-0.1, -0.05) is 12.1 Å². The third kappa shape index (κ3) is 3.48. The zero-order valence-corrected chi connectivity index (χ0v) is 10.1. The molecule has 1 unspecified atom stereocenters. The number of quaternary nitrogens is 1. The molecule has 7 nitrogen and oxygen atoms in total. The molecule has 8 heteroatoms. The number of nitrogens with zero attached hydrogens (tertiary/aromatic N) is 1. The molecule has 0 saturated carbocycles. The number of halogens is 1. The summed E-state index contributed by atoms with van der Waals surface area (Å²) in [6, 6.07) is 7.68. The van der Waals surface area contributed by atoms with Gasteiger partial charge in [-0.25, -0.2) is 19.4 Å². The molecule has 0 aliphatic heterocycles. The van der Waals surface area contributed by atoms with Crippen molar-refractivity contribution in [1.82, 2.24) is 4.98 Å². The third-order valence-corrected chi connectivity index (χ3v) is 2.37. The van der Waals surface area contributed by atoms with Crippen LogP contribution < -0.4 is 15.9 Å². The maximum absolute atomic E-state index is 13.3. The number of benzene rings is 1. The highest BCUT2D eigenvalue weighted by molar-refractivity contribution is 5.99. The minimum Gasteiger partial charge on any atom is -0.595 e. The van der Waals surface area contributed by atoms with Gasteiger partial charge in [-0.15, -0.1) is 0 Å². The second kappa shape index (κ2) is 6.06. The average Bonchev–Trinajstić information content (AvgIpc) is 2.42. The van der Waals surface area contributed by atoms with E-state index in [2.05, 4.69) is 15.6 Å². The van der Waals surface area contributed by atoms with E-state index in [0.717, 1.165) is 6.20 Å². The molecule has 2 aromatic rings. The maximum Gasteiger partial charge on any atom is 0.324 e. The van der Waals surface area contributed by atoms with Crippen LogP contribution in [0.2, 0.25) is 0 Å². The monoisotopic (exact) mass is 278 g/mol. The Morgan fingerprint density at radius 3 is 2.60 bits per heavy atom. The Balaban J connectivity index is 1.99. The first kappa shape index (κ1) is 13.9. The SMILES string of the molecule is O=C(Nc1ccc([NH+]([O-])O)cn1)Nc1ccccc1F. The van der Waals surface area contributed by atoms with E-state index in [0.29, 0.717) is 0 Å². The number of aromatic nitrogens is 1. The van der Waals surface area contributed by atoms with Crippen LogP contribution in [0.25, 0.3) is 0 Å². The van der Waals surface area contributed by atoms with Crippen molar-refractivity contribution >= 4 is 23.2 Å². The predicted octanol–water partition coefficient (Wildman–Crippen LogP) is 1.27. The van der Waals surface area contributed by atoms with Gasteiger partial charge in [-0.3, -0.25) is 5.32 Å². The number of hydrogen-bond acceptors (Lipinski definition) is 4. The standard InChI is InChI=1S/C12H11FN4O3/c13-9-3-1-2-4-10(9)15-12(18)16-11-6-5-8(7-14-11)17(19)20/h1-7,17,19H,(H2,14,15,16,18). The van der Waals surface area contributed by atoms with E-state index in [1.165, 1.54) is 30.3 Å². The first-order valence-electron chi connectivity index (χ1n) is 5.58. The van der Waals surface area contributed by atoms with Gasteiger partial charge in [0.15, 0.2) is 5.69 Å². The summed E-state index contributed by atoms with van der Waals surface area (Å²) in [5, 5.41) is 22.9. The summed E-state index contributed by atoms with van der Waals surface area (Å²) in [6.07, 6.45) is 1.11. The van der Waals surface area contributed by atoms with Gasteiger partial charge >= 0.3 is 6.03 Å². The molecule has 0 spiro atoms. The number of hydrogen-bond donors (Lipinski definition) is 4. The molecule has 20 heavy (non-hydrogen) atoms. The highest BCUT2D eigenvalue weighted by Crippen LogP contribution is 2.13. The summed E-state index contributed by atoms with van der Waals surface area (Å²) in [7, 11) is 0. The number of carbonyl (C=O) groups excluding carboxylic acids is 1. The van der Waals surface area contributed by atoms with Crippen molar-refractivity contribution in [2.24, 2.45) is 0 Å². The van der Waals surface area contributed by atoms with Crippen molar-refractivity contribution in [3.05, 3.63) is 53.6 Å². The summed E-state index contributed by atoms with van der Waals surface area (Å²) in [6.45, 7) is 0. The van der Waals surface area contributed by atoms with Crippen LogP contribution in [0.3, 0.4) is 0 Å². The van der Waals surface area contributed by atoms with Crippen LogP contribution in [-0.2, 0) is 0 Å². The summed E-state index contributed by atoms with van der Waals surface area (Å²) < 4.78 is 13.3. The highest BCUT2D eigenvalue weighted by atomic mass is 19.1. The van der Waals surface area contributed by atoms with Crippen LogP contribution in [0.5, 0.6) is 0 Å². The molecular formula is C12H11FN4O3. The number of carbonyl (C=O) groups is 1. The number of pyridine rings is 1. The molecule has 0 aliphatic rings. The van der Waals surface area contributed by atoms with Gasteiger partial charge in [-0.05, 0) is 18.2 Å². The van der Waals surface area contributed by atoms with Crippen molar-refractivity contribution in [2.75, 3.05) is 10.6 Å². The van der Waals surface area contributed by atoms with Crippen LogP contribution in [0.15, 0.2) is 42.6 Å². The van der Waals surface area contributed by atoms with E-state index < -0.39 is 17.1 Å². The Morgan fingerprint density at radius 2 is 2.00 bits per heavy atom. The summed E-state index contributed by atoms with van der Waals surface area (Å²) in [5.74, 6) is -0.402. The molecule has 0 fully saturated rings. The zero-order valence-electron chi connectivity index (χ0n) is 10.1. The summed E-state index contributed by atoms with van der Waals surface area (Å²) in [5.41, 5.74) is 0.0391. The Hall–Kier alpha value is -2.55. The predicted molar refractivity (Wildman–Crippen MR) is 69.1 cm³/mol. The van der Waals surface area contributed by atoms with Crippen molar-refractivity contribution in [3.63, 3.8) is 0 Å². The van der Waals surface area contributed by atoms with E-state index >= 15 is 0 Å². The minimum absolute atomic E-state index is 0.00469. The molecule has 2 amide bonds. The first-order chi connectivity index (χ1) is 9.56. The van der Waals surface area contributed by atoms with Crippen LogP contribution in [0.1, 0.15) is 0 Å². The van der Waals surface area contributed by atoms with Gasteiger partial charge in [0.25, 0.3) is 0 Å². The van der Waals surface area contributed by atoms with Crippen LogP contribution in [-0.4, -0.2) is 16.2 Å². The number of nitrogens with one attached hydrogen (secondary N) is 3. The molecule has 104 valence electrons. The fourth-order valence-corrected chi connectivity index (χ4v) is 1.43. The van der Waals surface area contributed by atoms with Gasteiger partial charge in [0, 0.05) is 6.07 Å². The Labute approximate surface area is 113 Å². The molecule has 0 aliphatic carbocycles. The molecular weight excluding hydrogens is 267 g/mol. The number of anilines is 2. The van der Waals surface area contributed by atoms with Gasteiger partial charge < -0.3 is 10.5 Å². The molecule has 0 bridgehead atoms. The van der Waals surface area contributed by atoms with E-state index in [9.17, 15) is 14.4 Å². The van der Waals surface area contributed by atoms with Crippen LogP contribution >= 0.6 is 0 Å². The molecule has 1 heterocycles. The van der Waals surface area contributed by atoms with Gasteiger partial charge in [-0.2, -0.15) is 5.23 Å². The highest BCUT2D eigenvalue weighted by Gasteiger charge is 2.07. The van der Waals surface area contributed by atoms with Crippen molar-refractivity contribution in [3.8, 4) is 0 Å². The van der Waals surface area contributed by atoms with Crippen molar-refractivity contribution < 1.29 is 19.6 Å². The lowest BCUT2D eigenvalue weighted by molar-refractivity contribution is -0.991. The average molecular weight is 278 g/mol. The largest absolute Gasteiger partial charge is 0.595 e. The smallest absolute Gasteiger partial charge is 0.324 e. The Morgan fingerprint density at radius 1 is 1.25 bits per heavy atom. The normalized spacial score (nSPS) is 11.8. The number of para-hydroxylation sites is 1. The molecule has 4 N–H and O–H groups in total. The van der Waals surface area contributed by atoms with E-state index in [1.807, 2.05) is 0 Å². The quantitative estimate of drug-likeness (QED) is 0.635. The third-order valence-electron chi connectivity index (χ3n) is 2.37. The Kier molecular flexibility index (Phi) is 4.20. The number of amides is 2. The number of rotatable bonds is 3. The lowest BCUT2D eigenvalue weighted by atomic mass is 10.3. The molecule has 2 rings (SSSR count). The molecule has 1 aromatic carbocycles. The fraction of sp³-hybridized carbons (Fsp3) is 0. The molecule has 0 radical (unpaired) electrons. The van der Waals surface area contributed by atoms with Gasteiger partial charge in [0.05, 0.1) is 11.9 Å². The Bertz CT molecular complexity index is 604. The first-order valence-corrected chi connectivity index (χ1v) is 5.58. The van der Waals surface area contributed by atoms with E-state index in [1.54, 1.807) is 6.07 Å². The second-order valence-electron chi connectivity index (χ2n) is 3.80. The van der Waals surface area contributed by atoms with E-state index in [-0.39, 0.29) is 17.2 Å². The maximum atomic E-state index is 13.3. The zero-order chi connectivity index (χ0) is 14.5. The minimum atomic E-state index is -1.11. The fourth-order valence-electron chi connectivity index (χ4n) is 1.43. The molecule has 1 atom stereocenters. The van der Waals surface area contributed by atoms with Gasteiger partial charge in [0.2, 0.25) is 0 Å². The van der Waals surface area contributed by atoms with Gasteiger partial charge in [0.1, 0.15) is 11.6 Å². The van der Waals surface area contributed by atoms with Crippen LogP contribution in [0, 0.1) is 11.0 Å². The van der Waals surface area contributed by atoms with Crippen LogP contribution in [0.4, 0.5) is 26.4 Å². The topological polar surface area (TPSA) is 102 Å². The molecule has 1 aromatic heterocycles. The summed E-state index contributed by atoms with van der Waals surface area (Å²) in [4.78, 5) is 15.4. The lowest BCUT2D eigenvalue weighted by Gasteiger charge is -2.11.